The molecule has 0 bridgehead atoms. The molecule has 1 aromatic heterocycles. The van der Waals surface area contributed by atoms with E-state index in [1.54, 1.807) is 0 Å². The van der Waals surface area contributed by atoms with E-state index >= 15 is 0 Å². The molecule has 0 saturated carbocycles. The van der Waals surface area contributed by atoms with E-state index in [0.29, 0.717) is 6.61 Å². The number of pyridine rings is 1. The number of hydrogen-bond acceptors (Lipinski definition) is 5. The van der Waals surface area contributed by atoms with Gasteiger partial charge in [0.1, 0.15) is 17.4 Å². The molecular formula is C27H41N3O3. The molecule has 6 nitrogen and oxygen atoms in total. The van der Waals surface area contributed by atoms with Gasteiger partial charge in [0.15, 0.2) is 0 Å². The largest absolute Gasteiger partial charge is 0.488 e. The predicted octanol–water partition coefficient (Wildman–Crippen LogP) is 5.73. The maximum atomic E-state index is 11.7. The standard InChI is InChI=1S/C27H41N3O3/c1-5-6-7-10-21-19-22-11-8-14-28-25(22)24(20-21)33-23-12-16-30(17-13-23)15-9-18-32-26(31)29-27(2,3)4/h8,11,14,19-20,23H,5-7,9-10,12-13,15-18H2,1-4H3,(H,29,31). The first-order valence-corrected chi connectivity index (χ1v) is 12.6. The van der Waals surface area contributed by atoms with E-state index in [4.69, 9.17) is 9.47 Å². The summed E-state index contributed by atoms with van der Waals surface area (Å²) < 4.78 is 11.8. The highest BCUT2D eigenvalue weighted by Gasteiger charge is 2.22. The number of nitrogens with zero attached hydrogens (tertiary/aromatic N) is 2. The lowest BCUT2D eigenvalue weighted by Gasteiger charge is -2.32. The number of aromatic nitrogens is 1. The third kappa shape index (κ3) is 8.50. The molecule has 1 aliphatic rings. The fourth-order valence-corrected chi connectivity index (χ4v) is 4.26. The van der Waals surface area contributed by atoms with E-state index in [2.05, 4.69) is 40.3 Å². The van der Waals surface area contributed by atoms with Crippen LogP contribution < -0.4 is 10.1 Å². The van der Waals surface area contributed by atoms with Crippen molar-refractivity contribution in [2.24, 2.45) is 0 Å². The molecule has 3 rings (SSSR count). The SMILES string of the molecule is CCCCCc1cc(OC2CCN(CCCOC(=O)NC(C)(C)C)CC2)c2ncccc2c1. The van der Waals surface area contributed by atoms with E-state index in [1.807, 2.05) is 33.0 Å². The molecule has 0 radical (unpaired) electrons. The average Bonchev–Trinajstić information content (AvgIpc) is 2.77. The number of carbonyl (C=O) groups is 1. The Balaban J connectivity index is 1.46. The van der Waals surface area contributed by atoms with Crippen molar-refractivity contribution in [1.29, 1.82) is 0 Å². The molecule has 1 amide bonds. The van der Waals surface area contributed by atoms with Gasteiger partial charge < -0.3 is 19.7 Å². The molecule has 6 heteroatoms. The molecule has 1 N–H and O–H groups in total. The van der Waals surface area contributed by atoms with Crippen LogP contribution in [0.15, 0.2) is 30.5 Å². The number of fused-ring (bicyclic) bond motifs is 1. The number of likely N-dealkylation sites (tertiary alicyclic amines) is 1. The second-order valence-electron chi connectivity index (χ2n) is 10.1. The van der Waals surface area contributed by atoms with Gasteiger partial charge in [0.2, 0.25) is 0 Å². The summed E-state index contributed by atoms with van der Waals surface area (Å²) in [7, 11) is 0. The molecule has 182 valence electrons. The van der Waals surface area contributed by atoms with Gasteiger partial charge in [-0.05, 0) is 76.6 Å². The molecule has 1 aliphatic heterocycles. The van der Waals surface area contributed by atoms with E-state index in [1.165, 1.54) is 24.8 Å². The number of ether oxygens (including phenoxy) is 2. The van der Waals surface area contributed by atoms with Crippen LogP contribution in [-0.2, 0) is 11.2 Å². The molecule has 2 aromatic rings. The number of nitrogens with one attached hydrogen (secondary N) is 1. The second-order valence-corrected chi connectivity index (χ2v) is 10.1. The average molecular weight is 456 g/mol. The van der Waals surface area contributed by atoms with Crippen LogP contribution in [0.2, 0.25) is 0 Å². The number of piperidine rings is 1. The fraction of sp³-hybridized carbons (Fsp3) is 0.630. The van der Waals surface area contributed by atoms with E-state index in [0.717, 1.165) is 62.0 Å². The summed E-state index contributed by atoms with van der Waals surface area (Å²) in [5.74, 6) is 0.927. The van der Waals surface area contributed by atoms with Gasteiger partial charge in [-0.3, -0.25) is 4.98 Å². The lowest BCUT2D eigenvalue weighted by Crippen LogP contribution is -2.41. The van der Waals surface area contributed by atoms with Gasteiger partial charge >= 0.3 is 6.09 Å². The van der Waals surface area contributed by atoms with E-state index in [-0.39, 0.29) is 17.7 Å². The van der Waals surface area contributed by atoms with Crippen LogP contribution in [0.5, 0.6) is 5.75 Å². The summed E-state index contributed by atoms with van der Waals surface area (Å²) in [5, 5.41) is 3.98. The number of rotatable bonds is 10. The Labute approximate surface area is 199 Å². The molecule has 1 saturated heterocycles. The minimum Gasteiger partial charge on any atom is -0.488 e. The Morgan fingerprint density at radius 2 is 1.97 bits per heavy atom. The molecule has 1 aromatic carbocycles. The summed E-state index contributed by atoms with van der Waals surface area (Å²) in [5.41, 5.74) is 2.03. The summed E-state index contributed by atoms with van der Waals surface area (Å²) in [6, 6.07) is 8.59. The number of aryl methyl sites for hydroxylation is 1. The monoisotopic (exact) mass is 455 g/mol. The van der Waals surface area contributed by atoms with Crippen LogP contribution in [0.25, 0.3) is 10.9 Å². The predicted molar refractivity (Wildman–Crippen MR) is 134 cm³/mol. The van der Waals surface area contributed by atoms with Gasteiger partial charge in [0.05, 0.1) is 6.61 Å². The smallest absolute Gasteiger partial charge is 0.407 e. The number of alkyl carbamates (subject to hydrolysis) is 1. The molecule has 2 heterocycles. The van der Waals surface area contributed by atoms with Crippen molar-refractivity contribution in [2.45, 2.75) is 84.3 Å². The highest BCUT2D eigenvalue weighted by molar-refractivity contribution is 5.85. The maximum Gasteiger partial charge on any atom is 0.407 e. The Kier molecular flexibility index (Phi) is 9.36. The van der Waals surface area contributed by atoms with Crippen LogP contribution in [0.1, 0.15) is 71.8 Å². The quantitative estimate of drug-likeness (QED) is 0.464. The zero-order valence-electron chi connectivity index (χ0n) is 20.9. The van der Waals surface area contributed by atoms with Crippen LogP contribution >= 0.6 is 0 Å². The minimum absolute atomic E-state index is 0.214. The zero-order chi connectivity index (χ0) is 23.7. The molecular weight excluding hydrogens is 414 g/mol. The normalized spacial score (nSPS) is 15.5. The first-order valence-electron chi connectivity index (χ1n) is 12.6. The van der Waals surface area contributed by atoms with Gasteiger partial charge in [0, 0.05) is 36.8 Å². The molecule has 33 heavy (non-hydrogen) atoms. The van der Waals surface area contributed by atoms with Gasteiger partial charge in [0.25, 0.3) is 0 Å². The number of unbranched alkanes of at least 4 members (excludes halogenated alkanes) is 2. The van der Waals surface area contributed by atoms with Crippen molar-refractivity contribution in [1.82, 2.24) is 15.2 Å². The molecule has 0 aliphatic carbocycles. The van der Waals surface area contributed by atoms with Crippen molar-refractivity contribution in [3.63, 3.8) is 0 Å². The van der Waals surface area contributed by atoms with Crippen LogP contribution in [0, 0.1) is 0 Å². The number of amides is 1. The van der Waals surface area contributed by atoms with Crippen molar-refractivity contribution >= 4 is 17.0 Å². The van der Waals surface area contributed by atoms with Crippen molar-refractivity contribution < 1.29 is 14.3 Å². The number of hydrogen-bond donors (Lipinski definition) is 1. The number of carbonyl (C=O) groups excluding carboxylic acids is 1. The van der Waals surface area contributed by atoms with Crippen molar-refractivity contribution in [3.05, 3.63) is 36.0 Å². The van der Waals surface area contributed by atoms with Crippen LogP contribution in [0.4, 0.5) is 4.79 Å². The molecule has 0 unspecified atom stereocenters. The van der Waals surface area contributed by atoms with Gasteiger partial charge in [-0.25, -0.2) is 4.79 Å². The Hall–Kier alpha value is -2.34. The lowest BCUT2D eigenvalue weighted by atomic mass is 10.0. The summed E-state index contributed by atoms with van der Waals surface area (Å²) in [6.45, 7) is 11.5. The van der Waals surface area contributed by atoms with Crippen LogP contribution in [-0.4, -0.2) is 53.9 Å². The maximum absolute atomic E-state index is 11.7. The van der Waals surface area contributed by atoms with Gasteiger partial charge in [-0.15, -0.1) is 0 Å². The highest BCUT2D eigenvalue weighted by atomic mass is 16.5. The summed E-state index contributed by atoms with van der Waals surface area (Å²) in [6.07, 6.45) is 9.35. The third-order valence-electron chi connectivity index (χ3n) is 5.96. The second kappa shape index (κ2) is 12.2. The third-order valence-corrected chi connectivity index (χ3v) is 5.96. The highest BCUT2D eigenvalue weighted by Crippen LogP contribution is 2.29. The van der Waals surface area contributed by atoms with E-state index < -0.39 is 0 Å². The Morgan fingerprint density at radius 3 is 2.70 bits per heavy atom. The molecule has 0 atom stereocenters. The van der Waals surface area contributed by atoms with Crippen LogP contribution in [0.3, 0.4) is 0 Å². The fourth-order valence-electron chi connectivity index (χ4n) is 4.26. The first-order chi connectivity index (χ1) is 15.8. The van der Waals surface area contributed by atoms with Gasteiger partial charge in [-0.2, -0.15) is 0 Å². The van der Waals surface area contributed by atoms with Gasteiger partial charge in [-0.1, -0.05) is 25.8 Å². The molecule has 0 spiro atoms. The summed E-state index contributed by atoms with van der Waals surface area (Å²) >= 11 is 0. The topological polar surface area (TPSA) is 63.7 Å². The summed E-state index contributed by atoms with van der Waals surface area (Å²) in [4.78, 5) is 18.8. The zero-order valence-corrected chi connectivity index (χ0v) is 20.9. The first kappa shape index (κ1) is 25.3. The minimum atomic E-state index is -0.340. The van der Waals surface area contributed by atoms with Crippen molar-refractivity contribution in [3.8, 4) is 5.75 Å². The Morgan fingerprint density at radius 1 is 1.18 bits per heavy atom. The van der Waals surface area contributed by atoms with Crippen molar-refractivity contribution in [2.75, 3.05) is 26.2 Å². The Bertz CT molecular complexity index is 886. The lowest BCUT2D eigenvalue weighted by molar-refractivity contribution is 0.0926. The number of benzene rings is 1. The van der Waals surface area contributed by atoms with E-state index in [9.17, 15) is 4.79 Å². The molecule has 1 fully saturated rings.